The molecule has 0 unspecified atom stereocenters. The molecule has 0 atom stereocenters. The van der Waals surface area contributed by atoms with E-state index in [1.807, 2.05) is 24.4 Å². The van der Waals surface area contributed by atoms with Crippen LogP contribution in [0, 0.1) is 5.82 Å². The van der Waals surface area contributed by atoms with Crippen LogP contribution in [0.15, 0.2) is 55.0 Å². The van der Waals surface area contributed by atoms with Crippen molar-refractivity contribution in [3.05, 3.63) is 60.8 Å². The fraction of sp³-hybridized carbons (Fsp3) is 0. The summed E-state index contributed by atoms with van der Waals surface area (Å²) in [6.07, 6.45) is 3.35. The van der Waals surface area contributed by atoms with E-state index in [1.165, 1.54) is 12.4 Å². The quantitative estimate of drug-likeness (QED) is 0.363. The summed E-state index contributed by atoms with van der Waals surface area (Å²) in [7, 11) is 0. The maximum atomic E-state index is 14.5. The van der Waals surface area contributed by atoms with E-state index < -0.39 is 0 Å². The van der Waals surface area contributed by atoms with E-state index in [9.17, 15) is 4.39 Å². The topological polar surface area (TPSA) is 25.8 Å². The van der Waals surface area contributed by atoms with Crippen LogP contribution >= 0.6 is 11.3 Å². The van der Waals surface area contributed by atoms with Crippen LogP contribution in [0.4, 0.5) is 4.39 Å². The fourth-order valence-electron chi connectivity index (χ4n) is 3.17. The molecule has 0 saturated carbocycles. The van der Waals surface area contributed by atoms with E-state index in [1.54, 1.807) is 17.4 Å². The molecule has 0 N–H and O–H groups in total. The molecular weight excluding hydrogens is 295 g/mol. The van der Waals surface area contributed by atoms with Crippen molar-refractivity contribution in [2.45, 2.75) is 0 Å². The van der Waals surface area contributed by atoms with Crippen LogP contribution in [0.2, 0.25) is 0 Å². The number of benzene rings is 3. The lowest BCUT2D eigenvalue weighted by atomic mass is 10.0. The zero-order chi connectivity index (χ0) is 14.7. The Balaban J connectivity index is 2.26. The number of hydrogen-bond donors (Lipinski definition) is 0. The van der Waals surface area contributed by atoms with E-state index in [2.05, 4.69) is 22.1 Å². The zero-order valence-corrected chi connectivity index (χ0v) is 12.2. The van der Waals surface area contributed by atoms with E-state index in [0.717, 1.165) is 36.5 Å². The van der Waals surface area contributed by atoms with Crippen molar-refractivity contribution in [2.24, 2.45) is 0 Å². The smallest absolute Gasteiger partial charge is 0.132 e. The van der Waals surface area contributed by atoms with Crippen LogP contribution in [0.25, 0.3) is 41.8 Å². The highest BCUT2D eigenvalue weighted by Gasteiger charge is 2.16. The van der Waals surface area contributed by atoms with Gasteiger partial charge in [0.05, 0.1) is 5.52 Å². The highest BCUT2D eigenvalue weighted by molar-refractivity contribution is 7.27. The second-order valence-corrected chi connectivity index (χ2v) is 6.30. The molecule has 2 nitrogen and oxygen atoms in total. The van der Waals surface area contributed by atoms with Crippen LogP contribution in [0.3, 0.4) is 0 Å². The van der Waals surface area contributed by atoms with Gasteiger partial charge in [0.1, 0.15) is 12.1 Å². The molecule has 0 amide bonds. The number of halogens is 1. The normalized spacial score (nSPS) is 11.9. The predicted molar refractivity (Wildman–Crippen MR) is 89.9 cm³/mol. The third-order valence-electron chi connectivity index (χ3n) is 4.07. The number of fused-ring (bicyclic) bond motifs is 8. The number of aromatic nitrogens is 2. The molecule has 4 heteroatoms. The summed E-state index contributed by atoms with van der Waals surface area (Å²) in [6, 6.07) is 13.3. The van der Waals surface area contributed by atoms with Crippen molar-refractivity contribution < 1.29 is 4.39 Å². The highest BCUT2D eigenvalue weighted by atomic mass is 32.1. The van der Waals surface area contributed by atoms with E-state index >= 15 is 0 Å². The SMILES string of the molecule is Fc1cccc2c3ncncc3c3c4ccccc4sc3c12. The van der Waals surface area contributed by atoms with Gasteiger partial charge < -0.3 is 0 Å². The van der Waals surface area contributed by atoms with Crippen LogP contribution in [-0.2, 0) is 0 Å². The van der Waals surface area contributed by atoms with Crippen molar-refractivity contribution in [1.82, 2.24) is 9.97 Å². The van der Waals surface area contributed by atoms with Crippen molar-refractivity contribution >= 4 is 53.2 Å². The van der Waals surface area contributed by atoms with Gasteiger partial charge in [0.2, 0.25) is 0 Å². The third-order valence-corrected chi connectivity index (χ3v) is 5.26. The van der Waals surface area contributed by atoms with Crippen molar-refractivity contribution in [1.29, 1.82) is 0 Å². The molecule has 0 fully saturated rings. The minimum absolute atomic E-state index is 0.199. The molecule has 0 aliphatic heterocycles. The summed E-state index contributed by atoms with van der Waals surface area (Å²) in [4.78, 5) is 8.59. The molecule has 3 aromatic carbocycles. The summed E-state index contributed by atoms with van der Waals surface area (Å²) in [5.41, 5.74) is 0.806. The Morgan fingerprint density at radius 1 is 0.864 bits per heavy atom. The van der Waals surface area contributed by atoms with E-state index in [4.69, 9.17) is 0 Å². The molecule has 0 radical (unpaired) electrons. The van der Waals surface area contributed by atoms with Crippen molar-refractivity contribution in [3.8, 4) is 0 Å². The third kappa shape index (κ3) is 1.42. The van der Waals surface area contributed by atoms with Gasteiger partial charge in [-0.05, 0) is 12.1 Å². The van der Waals surface area contributed by atoms with E-state index in [0.29, 0.717) is 5.39 Å². The van der Waals surface area contributed by atoms with E-state index in [-0.39, 0.29) is 5.82 Å². The average Bonchev–Trinajstić information content (AvgIpc) is 2.94. The van der Waals surface area contributed by atoms with Gasteiger partial charge in [-0.3, -0.25) is 0 Å². The van der Waals surface area contributed by atoms with Crippen molar-refractivity contribution in [2.75, 3.05) is 0 Å². The van der Waals surface area contributed by atoms with Gasteiger partial charge in [-0.1, -0.05) is 30.3 Å². The van der Waals surface area contributed by atoms with Gasteiger partial charge in [0, 0.05) is 42.5 Å². The molecule has 2 heterocycles. The number of thiophene rings is 1. The molecule has 0 aliphatic carbocycles. The largest absolute Gasteiger partial charge is 0.244 e. The number of nitrogens with zero attached hydrogens (tertiary/aromatic N) is 2. The highest BCUT2D eigenvalue weighted by Crippen LogP contribution is 2.43. The second-order valence-electron chi connectivity index (χ2n) is 5.25. The number of rotatable bonds is 0. The summed E-state index contributed by atoms with van der Waals surface area (Å²) in [5.74, 6) is -0.199. The first-order chi connectivity index (χ1) is 10.8. The Labute approximate surface area is 128 Å². The molecule has 104 valence electrons. The second kappa shape index (κ2) is 4.21. The lowest BCUT2D eigenvalue weighted by molar-refractivity contribution is 0.641. The first kappa shape index (κ1) is 12.0. The lowest BCUT2D eigenvalue weighted by Gasteiger charge is -2.06. The molecule has 0 spiro atoms. The first-order valence-electron chi connectivity index (χ1n) is 6.96. The van der Waals surface area contributed by atoms with Gasteiger partial charge in [-0.2, -0.15) is 0 Å². The van der Waals surface area contributed by atoms with Crippen LogP contribution in [0.1, 0.15) is 0 Å². The summed E-state index contributed by atoms with van der Waals surface area (Å²) < 4.78 is 16.7. The average molecular weight is 304 g/mol. The number of hydrogen-bond acceptors (Lipinski definition) is 3. The summed E-state index contributed by atoms with van der Waals surface area (Å²) in [6.45, 7) is 0. The maximum Gasteiger partial charge on any atom is 0.132 e. The van der Waals surface area contributed by atoms with Crippen LogP contribution in [-0.4, -0.2) is 9.97 Å². The van der Waals surface area contributed by atoms with Gasteiger partial charge in [0.25, 0.3) is 0 Å². The zero-order valence-electron chi connectivity index (χ0n) is 11.4. The van der Waals surface area contributed by atoms with Crippen LogP contribution in [0.5, 0.6) is 0 Å². The van der Waals surface area contributed by atoms with Gasteiger partial charge >= 0.3 is 0 Å². The Morgan fingerprint density at radius 3 is 2.68 bits per heavy atom. The minimum Gasteiger partial charge on any atom is -0.244 e. The molecule has 5 rings (SSSR count). The standard InChI is InChI=1S/C18H9FN2S/c19-13-6-3-5-11-16(13)18-15(12-8-20-9-21-17(11)12)10-4-1-2-7-14(10)22-18/h1-9H. The Hall–Kier alpha value is -2.59. The first-order valence-corrected chi connectivity index (χ1v) is 7.77. The molecule has 0 bridgehead atoms. The maximum absolute atomic E-state index is 14.5. The Kier molecular flexibility index (Phi) is 2.30. The summed E-state index contributed by atoms with van der Waals surface area (Å²) in [5, 5.41) is 4.66. The minimum atomic E-state index is -0.199. The molecule has 0 aliphatic rings. The Morgan fingerprint density at radius 2 is 1.73 bits per heavy atom. The monoisotopic (exact) mass is 304 g/mol. The lowest BCUT2D eigenvalue weighted by Crippen LogP contribution is -1.87. The predicted octanol–water partition coefficient (Wildman–Crippen LogP) is 5.29. The Bertz CT molecular complexity index is 1190. The molecule has 22 heavy (non-hydrogen) atoms. The molecule has 5 aromatic rings. The van der Waals surface area contributed by atoms with Crippen LogP contribution < -0.4 is 0 Å². The molecule has 2 aromatic heterocycles. The van der Waals surface area contributed by atoms with Gasteiger partial charge in [-0.15, -0.1) is 11.3 Å². The molecule has 0 saturated heterocycles. The summed E-state index contributed by atoms with van der Waals surface area (Å²) >= 11 is 1.62. The molecular formula is C18H9FN2S. The van der Waals surface area contributed by atoms with Gasteiger partial charge in [0.15, 0.2) is 0 Å². The van der Waals surface area contributed by atoms with Crippen molar-refractivity contribution in [3.63, 3.8) is 0 Å². The fourth-order valence-corrected chi connectivity index (χ4v) is 4.45. The van der Waals surface area contributed by atoms with Gasteiger partial charge in [-0.25, -0.2) is 14.4 Å².